The van der Waals surface area contributed by atoms with Gasteiger partial charge in [0.2, 0.25) is 5.91 Å². The van der Waals surface area contributed by atoms with Gasteiger partial charge in [-0.05, 0) is 32.6 Å². The number of rotatable bonds is 3. The van der Waals surface area contributed by atoms with E-state index >= 15 is 0 Å². The van der Waals surface area contributed by atoms with Crippen molar-refractivity contribution in [2.45, 2.75) is 57.5 Å². The fraction of sp³-hybridized carbons (Fsp3) is 0.667. The van der Waals surface area contributed by atoms with Crippen molar-refractivity contribution < 1.29 is 4.79 Å². The molecule has 1 spiro atoms. The molecule has 5 rings (SSSR count). The number of fused-ring (bicyclic) bond motifs is 2. The first-order valence-corrected chi connectivity index (χ1v) is 10.6. The second kappa shape index (κ2) is 6.72. The number of H-pyrrole nitrogens is 1. The van der Waals surface area contributed by atoms with Gasteiger partial charge in [-0.15, -0.1) is 0 Å². The van der Waals surface area contributed by atoms with E-state index in [0.717, 1.165) is 69.8 Å². The predicted molar refractivity (Wildman–Crippen MR) is 105 cm³/mol. The van der Waals surface area contributed by atoms with Gasteiger partial charge in [0, 0.05) is 57.5 Å². The molecule has 2 aromatic heterocycles. The number of carbonyl (C=O) groups excluding carboxylic acids is 1. The Labute approximate surface area is 166 Å². The van der Waals surface area contributed by atoms with Crippen LogP contribution in [0.3, 0.4) is 0 Å². The van der Waals surface area contributed by atoms with Gasteiger partial charge in [0.1, 0.15) is 5.82 Å². The molecule has 0 atom stereocenters. The van der Waals surface area contributed by atoms with Gasteiger partial charge in [-0.25, -0.2) is 9.97 Å². The molecule has 1 aliphatic carbocycles. The highest BCUT2D eigenvalue weighted by Gasteiger charge is 2.50. The number of imidazole rings is 2. The summed E-state index contributed by atoms with van der Waals surface area (Å²) in [6, 6.07) is 0. The quantitative estimate of drug-likeness (QED) is 0.883. The molecule has 7 nitrogen and oxygen atoms in total. The highest BCUT2D eigenvalue weighted by molar-refractivity contribution is 5.81. The Morgan fingerprint density at radius 2 is 2.04 bits per heavy atom. The van der Waals surface area contributed by atoms with Crippen molar-refractivity contribution >= 4 is 5.91 Å². The van der Waals surface area contributed by atoms with Crippen LogP contribution >= 0.6 is 0 Å². The summed E-state index contributed by atoms with van der Waals surface area (Å²) < 4.78 is 2.17. The van der Waals surface area contributed by atoms with Crippen LogP contribution < -0.4 is 0 Å². The van der Waals surface area contributed by atoms with E-state index in [0.29, 0.717) is 5.91 Å². The third-order valence-corrected chi connectivity index (χ3v) is 7.37. The fourth-order valence-electron chi connectivity index (χ4n) is 5.19. The molecule has 4 heterocycles. The Hall–Kier alpha value is -2.15. The molecule has 1 saturated carbocycles. The van der Waals surface area contributed by atoms with Crippen molar-refractivity contribution in [3.05, 3.63) is 35.4 Å². The Morgan fingerprint density at radius 1 is 1.25 bits per heavy atom. The molecule has 28 heavy (non-hydrogen) atoms. The maximum Gasteiger partial charge on any atom is 0.226 e. The lowest BCUT2D eigenvalue weighted by molar-refractivity contribution is -0.149. The molecule has 7 heteroatoms. The van der Waals surface area contributed by atoms with E-state index in [4.69, 9.17) is 4.98 Å². The van der Waals surface area contributed by atoms with Gasteiger partial charge in [-0.2, -0.15) is 0 Å². The molecule has 1 amide bonds. The third kappa shape index (κ3) is 2.70. The summed E-state index contributed by atoms with van der Waals surface area (Å²) in [5.74, 6) is 1.66. The normalized spacial score (nSPS) is 22.3. The average Bonchev–Trinajstić information content (AvgIpc) is 3.25. The van der Waals surface area contributed by atoms with Gasteiger partial charge in [0.25, 0.3) is 0 Å². The van der Waals surface area contributed by atoms with Crippen LogP contribution in [0.4, 0.5) is 0 Å². The second-order valence-electron chi connectivity index (χ2n) is 8.76. The fourth-order valence-corrected chi connectivity index (χ4v) is 5.19. The van der Waals surface area contributed by atoms with Gasteiger partial charge in [-0.3, -0.25) is 9.69 Å². The minimum Gasteiger partial charge on any atom is -0.348 e. The summed E-state index contributed by atoms with van der Waals surface area (Å²) in [6.07, 6.45) is 9.93. The molecule has 3 aliphatic rings. The van der Waals surface area contributed by atoms with Crippen LogP contribution in [0.2, 0.25) is 0 Å². The van der Waals surface area contributed by atoms with E-state index in [-0.39, 0.29) is 11.5 Å². The molecular formula is C21H30N6O. The lowest BCUT2D eigenvalue weighted by Crippen LogP contribution is -2.59. The maximum atomic E-state index is 13.3. The van der Waals surface area contributed by atoms with Crippen LogP contribution in [0.1, 0.15) is 55.0 Å². The lowest BCUT2D eigenvalue weighted by atomic mass is 9.76. The number of hydrogen-bond acceptors (Lipinski definition) is 4. The minimum absolute atomic E-state index is 0.223. The van der Waals surface area contributed by atoms with E-state index < -0.39 is 0 Å². The number of amides is 1. The van der Waals surface area contributed by atoms with Crippen LogP contribution in [0.25, 0.3) is 0 Å². The zero-order valence-electron chi connectivity index (χ0n) is 16.9. The monoisotopic (exact) mass is 382 g/mol. The number of aromatic nitrogens is 4. The van der Waals surface area contributed by atoms with E-state index in [1.165, 1.54) is 17.8 Å². The Morgan fingerprint density at radius 3 is 2.68 bits per heavy atom. The number of carbonyl (C=O) groups is 1. The van der Waals surface area contributed by atoms with Crippen LogP contribution in [-0.4, -0.2) is 54.9 Å². The SMILES string of the molecule is Cc1ncc(CN2CCC3(CC2)c2nc[nH]c2CCN3C(=O)C2CCC2)n1C. The van der Waals surface area contributed by atoms with Crippen LogP contribution in [0.5, 0.6) is 0 Å². The molecule has 0 unspecified atom stereocenters. The number of nitrogens with one attached hydrogen (secondary N) is 1. The maximum absolute atomic E-state index is 13.3. The van der Waals surface area contributed by atoms with Gasteiger partial charge in [0.15, 0.2) is 0 Å². The van der Waals surface area contributed by atoms with Crippen LogP contribution in [-0.2, 0) is 30.3 Å². The number of aryl methyl sites for hydroxylation is 1. The predicted octanol–water partition coefficient (Wildman–Crippen LogP) is 2.13. The lowest BCUT2D eigenvalue weighted by Gasteiger charge is -2.52. The van der Waals surface area contributed by atoms with Crippen molar-refractivity contribution in [2.24, 2.45) is 13.0 Å². The van der Waals surface area contributed by atoms with Crippen molar-refractivity contribution in [1.29, 1.82) is 0 Å². The van der Waals surface area contributed by atoms with Crippen molar-refractivity contribution in [1.82, 2.24) is 29.3 Å². The summed E-state index contributed by atoms with van der Waals surface area (Å²) in [6.45, 7) is 5.73. The molecule has 2 aromatic rings. The van der Waals surface area contributed by atoms with Gasteiger partial charge < -0.3 is 14.5 Å². The van der Waals surface area contributed by atoms with Crippen LogP contribution in [0.15, 0.2) is 12.5 Å². The largest absolute Gasteiger partial charge is 0.348 e. The van der Waals surface area contributed by atoms with Crippen molar-refractivity contribution in [3.8, 4) is 0 Å². The summed E-state index contributed by atoms with van der Waals surface area (Å²) in [5, 5.41) is 0. The molecule has 2 fully saturated rings. The first-order chi connectivity index (χ1) is 13.6. The van der Waals surface area contributed by atoms with Gasteiger partial charge in [0.05, 0.1) is 23.3 Å². The molecular weight excluding hydrogens is 352 g/mol. The molecule has 150 valence electrons. The first kappa shape index (κ1) is 17.9. The standard InChI is InChI=1S/C21H30N6O/c1-15-22-12-17(25(15)2)13-26-10-7-21(8-11-26)19-18(23-14-24-19)6-9-27(21)20(28)16-4-3-5-16/h12,14,16H,3-11,13H2,1-2H3,(H,23,24). The third-order valence-electron chi connectivity index (χ3n) is 7.37. The van der Waals surface area contributed by atoms with E-state index in [1.54, 1.807) is 0 Å². The highest BCUT2D eigenvalue weighted by atomic mass is 16.2. The first-order valence-electron chi connectivity index (χ1n) is 10.6. The summed E-state index contributed by atoms with van der Waals surface area (Å²) in [7, 11) is 2.08. The van der Waals surface area contributed by atoms with E-state index in [9.17, 15) is 4.79 Å². The summed E-state index contributed by atoms with van der Waals surface area (Å²) in [5.41, 5.74) is 3.38. The smallest absolute Gasteiger partial charge is 0.226 e. The van der Waals surface area contributed by atoms with E-state index in [1.807, 2.05) is 19.4 Å². The number of hydrogen-bond donors (Lipinski definition) is 1. The Bertz CT molecular complexity index is 871. The molecule has 0 bridgehead atoms. The molecule has 2 aliphatic heterocycles. The Kier molecular flexibility index (Phi) is 4.30. The molecule has 1 N–H and O–H groups in total. The highest BCUT2D eigenvalue weighted by Crippen LogP contribution is 2.44. The minimum atomic E-state index is -0.223. The van der Waals surface area contributed by atoms with Gasteiger partial charge in [-0.1, -0.05) is 6.42 Å². The molecule has 0 aromatic carbocycles. The topological polar surface area (TPSA) is 70.1 Å². The summed E-state index contributed by atoms with van der Waals surface area (Å²) in [4.78, 5) is 30.5. The molecule has 1 saturated heterocycles. The number of piperidine rings is 1. The van der Waals surface area contributed by atoms with E-state index in [2.05, 4.69) is 31.4 Å². The zero-order chi connectivity index (χ0) is 19.3. The number of aromatic amines is 1. The van der Waals surface area contributed by atoms with Crippen molar-refractivity contribution in [2.75, 3.05) is 19.6 Å². The second-order valence-corrected chi connectivity index (χ2v) is 8.76. The van der Waals surface area contributed by atoms with Crippen molar-refractivity contribution in [3.63, 3.8) is 0 Å². The van der Waals surface area contributed by atoms with Crippen LogP contribution in [0, 0.1) is 12.8 Å². The number of likely N-dealkylation sites (tertiary alicyclic amines) is 1. The summed E-state index contributed by atoms with van der Waals surface area (Å²) >= 11 is 0. The zero-order valence-corrected chi connectivity index (χ0v) is 16.9. The number of nitrogens with zero attached hydrogens (tertiary/aromatic N) is 5. The molecule has 0 radical (unpaired) electrons. The Balaban J connectivity index is 1.38. The van der Waals surface area contributed by atoms with Gasteiger partial charge >= 0.3 is 0 Å². The average molecular weight is 383 g/mol.